The molecule has 2 heterocycles. The molecule has 26 heavy (non-hydrogen) atoms. The number of carbonyl (C=O) groups excluding carboxylic acids is 1. The Hall–Kier alpha value is -3.26. The molecule has 0 fully saturated rings. The van der Waals surface area contributed by atoms with E-state index in [0.29, 0.717) is 28.7 Å². The minimum Gasteiger partial charge on any atom is -0.279 e. The lowest BCUT2D eigenvalue weighted by Crippen LogP contribution is -2.26. The van der Waals surface area contributed by atoms with Crippen molar-refractivity contribution >= 4 is 34.6 Å². The second kappa shape index (κ2) is 6.23. The number of nitro benzene ring substituents is 1. The number of amides is 1. The lowest BCUT2D eigenvalue weighted by atomic mass is 10.2. The summed E-state index contributed by atoms with van der Waals surface area (Å²) in [5.74, 6) is 0.757. The average molecular weight is 370 g/mol. The van der Waals surface area contributed by atoms with E-state index in [4.69, 9.17) is 11.6 Å². The molecule has 0 bridgehead atoms. The summed E-state index contributed by atoms with van der Waals surface area (Å²) >= 11 is 5.97. The predicted octanol–water partition coefficient (Wildman–Crippen LogP) is 3.14. The van der Waals surface area contributed by atoms with Crippen LogP contribution in [-0.2, 0) is 17.1 Å². The van der Waals surface area contributed by atoms with E-state index in [1.165, 1.54) is 17.0 Å². The van der Waals surface area contributed by atoms with Gasteiger partial charge >= 0.3 is 0 Å². The summed E-state index contributed by atoms with van der Waals surface area (Å²) in [6, 6.07) is 13.3. The van der Waals surface area contributed by atoms with Crippen molar-refractivity contribution in [2.45, 2.75) is 12.3 Å². The number of anilines is 2. The standard InChI is InChI=1S/C17H12ClN5O3/c18-10-16-20-19-15-9-17(24)21(11-4-2-1-3-5-11)14-8-12(23(25)26)6-7-13(14)22(15)16/h1-8H,9-10H2. The molecule has 1 aliphatic heterocycles. The molecule has 0 N–H and O–H groups in total. The zero-order chi connectivity index (χ0) is 18.3. The van der Waals surface area contributed by atoms with Gasteiger partial charge in [0.1, 0.15) is 5.82 Å². The van der Waals surface area contributed by atoms with Crippen molar-refractivity contribution in [2.75, 3.05) is 4.90 Å². The highest BCUT2D eigenvalue weighted by molar-refractivity contribution is 6.16. The van der Waals surface area contributed by atoms with Gasteiger partial charge in [0.15, 0.2) is 5.82 Å². The fourth-order valence-electron chi connectivity index (χ4n) is 3.04. The van der Waals surface area contributed by atoms with Crippen LogP contribution in [0.1, 0.15) is 11.6 Å². The molecule has 0 saturated carbocycles. The Labute approximate surface area is 152 Å². The number of nitrogens with zero attached hydrogens (tertiary/aromatic N) is 5. The molecule has 0 radical (unpaired) electrons. The van der Waals surface area contributed by atoms with Gasteiger partial charge in [0, 0.05) is 17.8 Å². The van der Waals surface area contributed by atoms with Crippen LogP contribution in [0, 0.1) is 10.1 Å². The van der Waals surface area contributed by atoms with E-state index in [1.54, 1.807) is 34.9 Å². The van der Waals surface area contributed by atoms with Crippen molar-refractivity contribution in [3.8, 4) is 5.69 Å². The number of carbonyl (C=O) groups is 1. The fourth-order valence-corrected chi connectivity index (χ4v) is 3.21. The molecular formula is C17H12ClN5O3. The normalized spacial score (nSPS) is 13.1. The van der Waals surface area contributed by atoms with Gasteiger partial charge in [-0.2, -0.15) is 0 Å². The molecule has 8 nitrogen and oxygen atoms in total. The summed E-state index contributed by atoms with van der Waals surface area (Å²) in [6.45, 7) is 0. The van der Waals surface area contributed by atoms with Gasteiger partial charge in [-0.25, -0.2) is 0 Å². The van der Waals surface area contributed by atoms with Crippen LogP contribution < -0.4 is 4.90 Å². The number of hydrogen-bond acceptors (Lipinski definition) is 5. The molecular weight excluding hydrogens is 358 g/mol. The Bertz CT molecular complexity index is 1020. The van der Waals surface area contributed by atoms with Gasteiger partial charge in [-0.15, -0.1) is 21.8 Å². The zero-order valence-corrected chi connectivity index (χ0v) is 14.1. The maximum atomic E-state index is 13.0. The summed E-state index contributed by atoms with van der Waals surface area (Å²) < 4.78 is 1.69. The number of fused-ring (bicyclic) bond motifs is 3. The van der Waals surface area contributed by atoms with E-state index in [0.717, 1.165) is 0 Å². The first-order valence-corrected chi connectivity index (χ1v) is 8.29. The third-order valence-electron chi connectivity index (χ3n) is 4.14. The Balaban J connectivity index is 2.02. The first-order valence-electron chi connectivity index (χ1n) is 7.76. The van der Waals surface area contributed by atoms with Crippen LogP contribution in [0.3, 0.4) is 0 Å². The van der Waals surface area contributed by atoms with Gasteiger partial charge in [0.2, 0.25) is 5.91 Å². The Morgan fingerprint density at radius 1 is 1.12 bits per heavy atom. The van der Waals surface area contributed by atoms with Crippen molar-refractivity contribution in [3.05, 3.63) is 70.3 Å². The highest BCUT2D eigenvalue weighted by Crippen LogP contribution is 2.37. The van der Waals surface area contributed by atoms with Crippen LogP contribution in [0.4, 0.5) is 17.1 Å². The number of benzene rings is 2. The van der Waals surface area contributed by atoms with Gasteiger partial charge in [-0.3, -0.25) is 24.4 Å². The molecule has 4 rings (SSSR count). The number of hydrogen-bond donors (Lipinski definition) is 0. The maximum absolute atomic E-state index is 13.0. The van der Waals surface area contributed by atoms with E-state index >= 15 is 0 Å². The summed E-state index contributed by atoms with van der Waals surface area (Å²) in [5.41, 5.74) is 1.47. The molecule has 3 aromatic rings. The molecule has 2 aromatic carbocycles. The molecule has 9 heteroatoms. The highest BCUT2D eigenvalue weighted by Gasteiger charge is 2.31. The number of para-hydroxylation sites is 1. The molecule has 0 aliphatic carbocycles. The second-order valence-electron chi connectivity index (χ2n) is 5.67. The first kappa shape index (κ1) is 16.2. The average Bonchev–Trinajstić information content (AvgIpc) is 2.99. The molecule has 130 valence electrons. The number of rotatable bonds is 3. The topological polar surface area (TPSA) is 94.2 Å². The van der Waals surface area contributed by atoms with Gasteiger partial charge in [0.05, 0.1) is 28.6 Å². The number of aromatic nitrogens is 3. The van der Waals surface area contributed by atoms with Crippen LogP contribution >= 0.6 is 11.6 Å². The molecule has 1 amide bonds. The smallest absolute Gasteiger partial charge is 0.271 e. The van der Waals surface area contributed by atoms with Crippen molar-refractivity contribution in [2.24, 2.45) is 0 Å². The summed E-state index contributed by atoms with van der Waals surface area (Å²) in [7, 11) is 0. The molecule has 0 spiro atoms. The third-order valence-corrected chi connectivity index (χ3v) is 4.38. The van der Waals surface area contributed by atoms with E-state index in [9.17, 15) is 14.9 Å². The number of alkyl halides is 1. The van der Waals surface area contributed by atoms with Crippen molar-refractivity contribution in [3.63, 3.8) is 0 Å². The first-order chi connectivity index (χ1) is 12.6. The van der Waals surface area contributed by atoms with E-state index < -0.39 is 4.92 Å². The minimum atomic E-state index is -0.492. The Morgan fingerprint density at radius 3 is 2.58 bits per heavy atom. The maximum Gasteiger partial charge on any atom is 0.271 e. The second-order valence-corrected chi connectivity index (χ2v) is 5.94. The summed E-state index contributed by atoms with van der Waals surface area (Å²) in [4.78, 5) is 25.2. The number of halogens is 1. The third kappa shape index (κ3) is 2.51. The van der Waals surface area contributed by atoms with Crippen molar-refractivity contribution in [1.82, 2.24) is 14.8 Å². The van der Waals surface area contributed by atoms with Gasteiger partial charge < -0.3 is 0 Å². The molecule has 0 atom stereocenters. The number of nitro groups is 1. The van der Waals surface area contributed by atoms with Crippen molar-refractivity contribution < 1.29 is 9.72 Å². The van der Waals surface area contributed by atoms with Gasteiger partial charge in [0.25, 0.3) is 5.69 Å². The Morgan fingerprint density at radius 2 is 1.88 bits per heavy atom. The highest BCUT2D eigenvalue weighted by atomic mass is 35.5. The van der Waals surface area contributed by atoms with Crippen LogP contribution in [-0.4, -0.2) is 25.6 Å². The van der Waals surface area contributed by atoms with Crippen LogP contribution in [0.25, 0.3) is 5.69 Å². The monoisotopic (exact) mass is 369 g/mol. The van der Waals surface area contributed by atoms with E-state index in [-0.39, 0.29) is 23.9 Å². The van der Waals surface area contributed by atoms with Gasteiger partial charge in [-0.05, 0) is 18.2 Å². The zero-order valence-electron chi connectivity index (χ0n) is 13.4. The molecule has 0 unspecified atom stereocenters. The fraction of sp³-hybridized carbons (Fsp3) is 0.118. The SMILES string of the molecule is O=C1Cc2nnc(CCl)n2-c2ccc([N+](=O)[O-])cc2N1c1ccccc1. The van der Waals surface area contributed by atoms with Crippen LogP contribution in [0.2, 0.25) is 0 Å². The van der Waals surface area contributed by atoms with E-state index in [2.05, 4.69) is 10.2 Å². The summed E-state index contributed by atoms with van der Waals surface area (Å²) in [5, 5.41) is 19.4. The lowest BCUT2D eigenvalue weighted by molar-refractivity contribution is -0.384. The van der Waals surface area contributed by atoms with Crippen LogP contribution in [0.5, 0.6) is 0 Å². The molecule has 1 aliphatic rings. The van der Waals surface area contributed by atoms with Crippen molar-refractivity contribution in [1.29, 1.82) is 0 Å². The number of non-ortho nitro benzene ring substituents is 1. The summed E-state index contributed by atoms with van der Waals surface area (Å²) in [6.07, 6.45) is 0.00125. The predicted molar refractivity (Wildman–Crippen MR) is 94.9 cm³/mol. The van der Waals surface area contributed by atoms with Gasteiger partial charge in [-0.1, -0.05) is 18.2 Å². The Kier molecular flexibility index (Phi) is 3.89. The molecule has 1 aromatic heterocycles. The van der Waals surface area contributed by atoms with E-state index in [1.807, 2.05) is 6.07 Å². The minimum absolute atomic E-state index is 0.00125. The largest absolute Gasteiger partial charge is 0.279 e. The lowest BCUT2D eigenvalue weighted by Gasteiger charge is -2.23. The quantitative estimate of drug-likeness (QED) is 0.401. The molecule has 0 saturated heterocycles. The van der Waals surface area contributed by atoms with Crippen LogP contribution in [0.15, 0.2) is 48.5 Å².